The molecule has 1 atom stereocenters. The Hall–Kier alpha value is -2.25. The molecule has 1 aromatic rings. The molecule has 7 heteroatoms. The van der Waals surface area contributed by atoms with Crippen LogP contribution in [0.2, 0.25) is 0 Å². The summed E-state index contributed by atoms with van der Waals surface area (Å²) in [4.78, 5) is 39.3. The number of nitrogens with zero attached hydrogens (tertiary/aromatic N) is 2. The van der Waals surface area contributed by atoms with Crippen molar-refractivity contribution >= 4 is 17.8 Å². The first-order valence-electron chi connectivity index (χ1n) is 8.61. The van der Waals surface area contributed by atoms with Gasteiger partial charge in [-0.3, -0.25) is 29.5 Å². The van der Waals surface area contributed by atoms with Crippen LogP contribution in [-0.4, -0.2) is 66.3 Å². The summed E-state index contributed by atoms with van der Waals surface area (Å²) in [6.07, 6.45) is 0.965. The van der Waals surface area contributed by atoms with Gasteiger partial charge in [0.25, 0.3) is 0 Å². The van der Waals surface area contributed by atoms with Crippen molar-refractivity contribution in [2.75, 3.05) is 32.7 Å². The number of esters is 1. The Kier molecular flexibility index (Phi) is 5.78. The van der Waals surface area contributed by atoms with Crippen LogP contribution in [0.5, 0.6) is 0 Å². The molecule has 25 heavy (non-hydrogen) atoms. The molecule has 7 nitrogen and oxygen atoms in total. The molecule has 2 aliphatic heterocycles. The van der Waals surface area contributed by atoms with E-state index in [4.69, 9.17) is 4.74 Å². The Labute approximate surface area is 146 Å². The predicted octanol–water partition coefficient (Wildman–Crippen LogP) is 0.153. The van der Waals surface area contributed by atoms with Crippen LogP contribution >= 0.6 is 0 Å². The minimum absolute atomic E-state index is 0.193. The molecule has 0 aromatic heterocycles. The fourth-order valence-electron chi connectivity index (χ4n) is 3.23. The van der Waals surface area contributed by atoms with Crippen molar-refractivity contribution in [1.29, 1.82) is 0 Å². The summed E-state index contributed by atoms with van der Waals surface area (Å²) in [7, 11) is 0. The second-order valence-corrected chi connectivity index (χ2v) is 6.43. The summed E-state index contributed by atoms with van der Waals surface area (Å²) in [5.74, 6) is -0.633. The Balaban J connectivity index is 1.39. The van der Waals surface area contributed by atoms with E-state index < -0.39 is 0 Å². The van der Waals surface area contributed by atoms with Crippen molar-refractivity contribution in [2.24, 2.45) is 0 Å². The smallest absolute Gasteiger partial charge is 0.320 e. The number of nitrogens with one attached hydrogen (secondary N) is 1. The number of hydrogen-bond acceptors (Lipinski definition) is 6. The summed E-state index contributed by atoms with van der Waals surface area (Å²) < 4.78 is 5.31. The van der Waals surface area contributed by atoms with E-state index in [1.54, 1.807) is 0 Å². The SMILES string of the molecule is O=C1CCC(N2CCN(CC(=O)OCc3ccccc3)CC2)C(=O)N1. The lowest BCUT2D eigenvalue weighted by Crippen LogP contribution is -2.58. The first-order valence-corrected chi connectivity index (χ1v) is 8.61. The van der Waals surface area contributed by atoms with Crippen LogP contribution in [0.3, 0.4) is 0 Å². The number of ether oxygens (including phenoxy) is 1. The van der Waals surface area contributed by atoms with Crippen molar-refractivity contribution in [3.63, 3.8) is 0 Å². The van der Waals surface area contributed by atoms with Gasteiger partial charge in [0.1, 0.15) is 6.61 Å². The van der Waals surface area contributed by atoms with Gasteiger partial charge in [-0.1, -0.05) is 30.3 Å². The zero-order valence-electron chi connectivity index (χ0n) is 14.1. The van der Waals surface area contributed by atoms with Gasteiger partial charge in [-0.15, -0.1) is 0 Å². The Morgan fingerprint density at radius 1 is 1.12 bits per heavy atom. The van der Waals surface area contributed by atoms with Crippen molar-refractivity contribution in [3.8, 4) is 0 Å². The number of carbonyl (C=O) groups is 3. The lowest BCUT2D eigenvalue weighted by Gasteiger charge is -2.39. The highest BCUT2D eigenvalue weighted by atomic mass is 16.5. The summed E-state index contributed by atoms with van der Waals surface area (Å²) >= 11 is 0. The number of carbonyl (C=O) groups excluding carboxylic acids is 3. The summed E-state index contributed by atoms with van der Waals surface area (Å²) in [6.45, 7) is 3.37. The number of piperazine rings is 1. The maximum atomic E-state index is 12.0. The highest BCUT2D eigenvalue weighted by molar-refractivity contribution is 6.00. The molecule has 2 amide bonds. The number of amides is 2. The van der Waals surface area contributed by atoms with Crippen LogP contribution < -0.4 is 5.32 Å². The van der Waals surface area contributed by atoms with E-state index in [1.165, 1.54) is 0 Å². The average molecular weight is 345 g/mol. The molecule has 2 saturated heterocycles. The summed E-state index contributed by atoms with van der Waals surface area (Å²) in [5, 5.41) is 2.40. The van der Waals surface area contributed by atoms with E-state index in [-0.39, 0.29) is 37.0 Å². The predicted molar refractivity (Wildman–Crippen MR) is 90.4 cm³/mol. The van der Waals surface area contributed by atoms with E-state index in [0.29, 0.717) is 39.0 Å². The van der Waals surface area contributed by atoms with Crippen LogP contribution in [0.15, 0.2) is 30.3 Å². The molecule has 1 unspecified atom stereocenters. The Morgan fingerprint density at radius 3 is 2.52 bits per heavy atom. The molecule has 1 aromatic carbocycles. The van der Waals surface area contributed by atoms with Gasteiger partial charge < -0.3 is 4.74 Å². The van der Waals surface area contributed by atoms with Crippen molar-refractivity contribution in [3.05, 3.63) is 35.9 Å². The fraction of sp³-hybridized carbons (Fsp3) is 0.500. The number of benzene rings is 1. The fourth-order valence-corrected chi connectivity index (χ4v) is 3.23. The number of piperidine rings is 1. The molecular weight excluding hydrogens is 322 g/mol. The highest BCUT2D eigenvalue weighted by Crippen LogP contribution is 2.15. The third kappa shape index (κ3) is 4.87. The van der Waals surface area contributed by atoms with E-state index in [0.717, 1.165) is 5.56 Å². The molecule has 0 bridgehead atoms. The van der Waals surface area contributed by atoms with Crippen molar-refractivity contribution in [2.45, 2.75) is 25.5 Å². The number of rotatable bonds is 5. The summed E-state index contributed by atoms with van der Waals surface area (Å²) in [6, 6.07) is 9.37. The van der Waals surface area contributed by atoms with Crippen LogP contribution in [0.1, 0.15) is 18.4 Å². The van der Waals surface area contributed by atoms with Crippen LogP contribution in [0, 0.1) is 0 Å². The van der Waals surface area contributed by atoms with Gasteiger partial charge in [0.2, 0.25) is 11.8 Å². The molecule has 2 fully saturated rings. The summed E-state index contributed by atoms with van der Waals surface area (Å²) in [5.41, 5.74) is 0.971. The Bertz CT molecular complexity index is 626. The van der Waals surface area contributed by atoms with Gasteiger partial charge in [-0.2, -0.15) is 0 Å². The lowest BCUT2D eigenvalue weighted by molar-refractivity contribution is -0.147. The normalized spacial score (nSPS) is 22.5. The van der Waals surface area contributed by atoms with Gasteiger partial charge in [-0.05, 0) is 12.0 Å². The first kappa shape index (κ1) is 17.6. The van der Waals surface area contributed by atoms with Gasteiger partial charge in [0.15, 0.2) is 0 Å². The van der Waals surface area contributed by atoms with Crippen molar-refractivity contribution < 1.29 is 19.1 Å². The molecule has 0 radical (unpaired) electrons. The largest absolute Gasteiger partial charge is 0.460 e. The van der Waals surface area contributed by atoms with E-state index in [2.05, 4.69) is 10.2 Å². The van der Waals surface area contributed by atoms with Crippen LogP contribution in [0.25, 0.3) is 0 Å². The molecule has 3 rings (SSSR count). The maximum absolute atomic E-state index is 12.0. The molecular formula is C18H23N3O4. The quantitative estimate of drug-likeness (QED) is 0.605. The molecule has 0 saturated carbocycles. The molecule has 134 valence electrons. The minimum Gasteiger partial charge on any atom is -0.460 e. The second kappa shape index (κ2) is 8.22. The number of hydrogen-bond donors (Lipinski definition) is 1. The lowest BCUT2D eigenvalue weighted by atomic mass is 10.0. The van der Waals surface area contributed by atoms with Gasteiger partial charge in [-0.25, -0.2) is 0 Å². The standard InChI is InChI=1S/C18H23N3O4/c22-16-7-6-15(18(24)19-16)21-10-8-20(9-11-21)12-17(23)25-13-14-4-2-1-3-5-14/h1-5,15H,6-13H2,(H,19,22,24). The third-order valence-corrected chi connectivity index (χ3v) is 4.65. The minimum atomic E-state index is -0.238. The second-order valence-electron chi connectivity index (χ2n) is 6.43. The first-order chi connectivity index (χ1) is 12.1. The zero-order chi connectivity index (χ0) is 17.6. The van der Waals surface area contributed by atoms with Gasteiger partial charge >= 0.3 is 5.97 Å². The van der Waals surface area contributed by atoms with E-state index in [9.17, 15) is 14.4 Å². The Morgan fingerprint density at radius 2 is 1.84 bits per heavy atom. The maximum Gasteiger partial charge on any atom is 0.320 e. The molecule has 0 spiro atoms. The topological polar surface area (TPSA) is 79.0 Å². The van der Waals surface area contributed by atoms with E-state index in [1.807, 2.05) is 35.2 Å². The highest BCUT2D eigenvalue weighted by Gasteiger charge is 2.33. The zero-order valence-corrected chi connectivity index (χ0v) is 14.1. The van der Waals surface area contributed by atoms with Crippen LogP contribution in [-0.2, 0) is 25.7 Å². The molecule has 2 aliphatic rings. The molecule has 0 aliphatic carbocycles. The molecule has 2 heterocycles. The van der Waals surface area contributed by atoms with E-state index >= 15 is 0 Å². The third-order valence-electron chi connectivity index (χ3n) is 4.65. The van der Waals surface area contributed by atoms with Gasteiger partial charge in [0.05, 0.1) is 12.6 Å². The molecule has 1 N–H and O–H groups in total. The van der Waals surface area contributed by atoms with Crippen LogP contribution in [0.4, 0.5) is 0 Å². The number of imide groups is 1. The van der Waals surface area contributed by atoms with Gasteiger partial charge in [0, 0.05) is 32.6 Å². The average Bonchev–Trinajstić information content (AvgIpc) is 2.62. The monoisotopic (exact) mass is 345 g/mol. The van der Waals surface area contributed by atoms with Crippen molar-refractivity contribution in [1.82, 2.24) is 15.1 Å².